The van der Waals surface area contributed by atoms with Crippen LogP contribution in [0.25, 0.3) is 11.1 Å². The van der Waals surface area contributed by atoms with E-state index in [1.54, 1.807) is 14.0 Å². The van der Waals surface area contributed by atoms with Gasteiger partial charge < -0.3 is 19.0 Å². The first-order valence-electron chi connectivity index (χ1n) is 8.80. The molecule has 2 heterocycles. The molecule has 0 bridgehead atoms. The largest absolute Gasteiger partial charge is 0.491 e. The molecule has 0 saturated carbocycles. The lowest BCUT2D eigenvalue weighted by atomic mass is 10.1. The van der Waals surface area contributed by atoms with Gasteiger partial charge >= 0.3 is 0 Å². The van der Waals surface area contributed by atoms with Gasteiger partial charge in [0.15, 0.2) is 0 Å². The molecule has 0 aliphatic heterocycles. The highest BCUT2D eigenvalue weighted by Crippen LogP contribution is 2.23. The van der Waals surface area contributed by atoms with Crippen molar-refractivity contribution in [2.24, 2.45) is 7.05 Å². The van der Waals surface area contributed by atoms with Crippen LogP contribution in [0.1, 0.15) is 48.5 Å². The third kappa shape index (κ3) is 3.72. The van der Waals surface area contributed by atoms with Crippen LogP contribution in [-0.2, 0) is 7.05 Å². The Morgan fingerprint density at radius 1 is 1.30 bits per heavy atom. The number of hydrogen-bond donors (Lipinski definition) is 1. The summed E-state index contributed by atoms with van der Waals surface area (Å²) < 4.78 is 12.5. The molecule has 1 atom stereocenters. The van der Waals surface area contributed by atoms with Gasteiger partial charge in [-0.1, -0.05) is 12.1 Å². The number of nitrogens with zero attached hydrogens (tertiary/aromatic N) is 2. The lowest BCUT2D eigenvalue weighted by molar-refractivity contribution is 0.0939. The molecule has 27 heavy (non-hydrogen) atoms. The van der Waals surface area contributed by atoms with Crippen molar-refractivity contribution in [2.45, 2.75) is 39.8 Å². The molecule has 0 aliphatic rings. The van der Waals surface area contributed by atoms with E-state index in [0.29, 0.717) is 5.76 Å². The van der Waals surface area contributed by atoms with Gasteiger partial charge in [0.25, 0.3) is 11.5 Å². The van der Waals surface area contributed by atoms with Crippen LogP contribution in [0.4, 0.5) is 0 Å². The molecule has 3 rings (SSSR count). The third-order valence-electron chi connectivity index (χ3n) is 4.25. The van der Waals surface area contributed by atoms with Crippen molar-refractivity contribution >= 4 is 17.0 Å². The Kier molecular flexibility index (Phi) is 5.03. The van der Waals surface area contributed by atoms with Crippen LogP contribution in [0.3, 0.4) is 0 Å². The third-order valence-corrected chi connectivity index (χ3v) is 4.25. The zero-order valence-corrected chi connectivity index (χ0v) is 16.1. The summed E-state index contributed by atoms with van der Waals surface area (Å²) in [5.74, 6) is 0.730. The molecule has 0 unspecified atom stereocenters. The van der Waals surface area contributed by atoms with Crippen molar-refractivity contribution in [1.82, 2.24) is 14.9 Å². The Morgan fingerprint density at radius 2 is 2.04 bits per heavy atom. The highest BCUT2D eigenvalue weighted by molar-refractivity contribution is 6.06. The first kappa shape index (κ1) is 18.7. The first-order chi connectivity index (χ1) is 12.8. The predicted octanol–water partition coefficient (Wildman–Crippen LogP) is 3.11. The molecule has 7 heteroatoms. The Labute approximate surface area is 157 Å². The van der Waals surface area contributed by atoms with E-state index in [0.717, 1.165) is 11.3 Å². The smallest absolute Gasteiger partial charge is 0.265 e. The van der Waals surface area contributed by atoms with Crippen LogP contribution in [0.2, 0.25) is 0 Å². The molecule has 0 radical (unpaired) electrons. The number of carbonyl (C=O) groups is 1. The van der Waals surface area contributed by atoms with Gasteiger partial charge in [-0.25, -0.2) is 4.98 Å². The fraction of sp³-hybridized carbons (Fsp3) is 0.350. The molecule has 1 aromatic carbocycles. The number of rotatable bonds is 5. The fourth-order valence-corrected chi connectivity index (χ4v) is 2.94. The second-order valence-electron chi connectivity index (χ2n) is 6.81. The number of amides is 1. The fourth-order valence-electron chi connectivity index (χ4n) is 2.94. The molecule has 3 aromatic rings. The molecule has 1 amide bonds. The van der Waals surface area contributed by atoms with Crippen LogP contribution < -0.4 is 15.6 Å². The van der Waals surface area contributed by atoms with Gasteiger partial charge in [-0.05, 0) is 45.4 Å². The van der Waals surface area contributed by atoms with E-state index >= 15 is 0 Å². The standard InChI is InChI=1S/C20H23N3O4/c1-11(2)26-15-8-6-7-14(9-15)12(3)22-18(24)16-13(4)27-19-17(16)20(25)23(5)10-21-19/h6-12H,1-5H3,(H,22,24)/t12-/m1/s1. The van der Waals surface area contributed by atoms with Gasteiger partial charge in [-0.3, -0.25) is 9.59 Å². The second kappa shape index (κ2) is 7.26. The average molecular weight is 369 g/mol. The minimum Gasteiger partial charge on any atom is -0.491 e. The maximum atomic E-state index is 12.9. The number of aryl methyl sites for hydroxylation is 2. The molecular formula is C20H23N3O4. The average Bonchev–Trinajstić information content (AvgIpc) is 2.94. The SMILES string of the molecule is Cc1oc2ncn(C)c(=O)c2c1C(=O)N[C@H](C)c1cccc(OC(C)C)c1. The normalized spacial score (nSPS) is 12.4. The monoisotopic (exact) mass is 369 g/mol. The van der Waals surface area contributed by atoms with E-state index in [9.17, 15) is 9.59 Å². The number of nitrogens with one attached hydrogen (secondary N) is 1. The van der Waals surface area contributed by atoms with Crippen LogP contribution in [0, 0.1) is 6.92 Å². The van der Waals surface area contributed by atoms with Gasteiger partial charge in [0.1, 0.15) is 23.2 Å². The van der Waals surface area contributed by atoms with Crippen molar-refractivity contribution in [3.05, 3.63) is 57.8 Å². The summed E-state index contributed by atoms with van der Waals surface area (Å²) in [4.78, 5) is 29.4. The molecule has 142 valence electrons. The van der Waals surface area contributed by atoms with Crippen molar-refractivity contribution in [3.8, 4) is 5.75 Å². The number of aromatic nitrogens is 2. The highest BCUT2D eigenvalue weighted by Gasteiger charge is 2.23. The minimum absolute atomic E-state index is 0.0637. The molecule has 2 aromatic heterocycles. The van der Waals surface area contributed by atoms with Crippen molar-refractivity contribution in [3.63, 3.8) is 0 Å². The summed E-state index contributed by atoms with van der Waals surface area (Å²) in [6.07, 6.45) is 1.44. The van der Waals surface area contributed by atoms with Gasteiger partial charge in [-0.2, -0.15) is 0 Å². The zero-order valence-electron chi connectivity index (χ0n) is 16.1. The lowest BCUT2D eigenvalue weighted by Gasteiger charge is -2.16. The maximum absolute atomic E-state index is 12.9. The molecule has 0 saturated heterocycles. The maximum Gasteiger partial charge on any atom is 0.265 e. The van der Waals surface area contributed by atoms with E-state index in [1.165, 1.54) is 10.9 Å². The quantitative estimate of drug-likeness (QED) is 0.747. The number of hydrogen-bond acceptors (Lipinski definition) is 5. The number of ether oxygens (including phenoxy) is 1. The molecule has 1 N–H and O–H groups in total. The van der Waals surface area contributed by atoms with Crippen LogP contribution >= 0.6 is 0 Å². The Hall–Kier alpha value is -3.09. The summed E-state index contributed by atoms with van der Waals surface area (Å²) in [5, 5.41) is 3.12. The summed E-state index contributed by atoms with van der Waals surface area (Å²) in [6.45, 7) is 7.44. The predicted molar refractivity (Wildman–Crippen MR) is 102 cm³/mol. The van der Waals surface area contributed by atoms with Gasteiger partial charge in [0, 0.05) is 7.05 Å². The van der Waals surface area contributed by atoms with Crippen LogP contribution in [0.5, 0.6) is 5.75 Å². The Morgan fingerprint density at radius 3 is 2.74 bits per heavy atom. The van der Waals surface area contributed by atoms with E-state index in [2.05, 4.69) is 10.3 Å². The molecular weight excluding hydrogens is 346 g/mol. The van der Waals surface area contributed by atoms with Gasteiger partial charge in [-0.15, -0.1) is 0 Å². The number of fused-ring (bicyclic) bond motifs is 1. The number of benzene rings is 1. The van der Waals surface area contributed by atoms with Crippen molar-refractivity contribution < 1.29 is 13.9 Å². The van der Waals surface area contributed by atoms with Crippen LogP contribution in [-0.4, -0.2) is 21.6 Å². The van der Waals surface area contributed by atoms with Gasteiger partial charge in [0.2, 0.25) is 5.71 Å². The molecule has 7 nitrogen and oxygen atoms in total. The second-order valence-corrected chi connectivity index (χ2v) is 6.81. The minimum atomic E-state index is -0.376. The molecule has 0 fully saturated rings. The molecule has 0 spiro atoms. The first-order valence-corrected chi connectivity index (χ1v) is 8.80. The van der Waals surface area contributed by atoms with Crippen LogP contribution in [0.15, 0.2) is 39.8 Å². The summed E-state index contributed by atoms with van der Waals surface area (Å²) in [7, 11) is 1.58. The highest BCUT2D eigenvalue weighted by atomic mass is 16.5. The summed E-state index contributed by atoms with van der Waals surface area (Å²) in [5.41, 5.74) is 0.973. The molecule has 0 aliphatic carbocycles. The Bertz CT molecular complexity index is 1050. The van der Waals surface area contributed by atoms with E-state index in [4.69, 9.17) is 9.15 Å². The van der Waals surface area contributed by atoms with E-state index in [-0.39, 0.29) is 40.3 Å². The van der Waals surface area contributed by atoms with E-state index in [1.807, 2.05) is 45.0 Å². The van der Waals surface area contributed by atoms with Crippen molar-refractivity contribution in [2.75, 3.05) is 0 Å². The number of carbonyl (C=O) groups excluding carboxylic acids is 1. The van der Waals surface area contributed by atoms with E-state index < -0.39 is 0 Å². The Balaban J connectivity index is 1.90. The topological polar surface area (TPSA) is 86.4 Å². The lowest BCUT2D eigenvalue weighted by Crippen LogP contribution is -2.28. The zero-order chi connectivity index (χ0) is 19.7. The van der Waals surface area contributed by atoms with Crippen molar-refractivity contribution in [1.29, 1.82) is 0 Å². The summed E-state index contributed by atoms with van der Waals surface area (Å²) >= 11 is 0. The summed E-state index contributed by atoms with van der Waals surface area (Å²) in [6, 6.07) is 7.29. The van der Waals surface area contributed by atoms with Gasteiger partial charge in [0.05, 0.1) is 17.7 Å². The number of furan rings is 1.